The van der Waals surface area contributed by atoms with E-state index in [-0.39, 0.29) is 17.6 Å². The fourth-order valence-corrected chi connectivity index (χ4v) is 5.13. The number of imidazole rings is 1. The van der Waals surface area contributed by atoms with Gasteiger partial charge in [0.25, 0.3) is 0 Å². The summed E-state index contributed by atoms with van der Waals surface area (Å²) in [5, 5.41) is 10.1. The SMILES string of the molecule is O=c1n(Cc2ccc(-c3cccc(CN4CCSCC4)c3)cc2)cc(O)n1C1CC1. The zero-order valence-corrected chi connectivity index (χ0v) is 17.9. The molecule has 1 saturated carbocycles. The number of aromatic hydroxyl groups is 1. The summed E-state index contributed by atoms with van der Waals surface area (Å²) in [6.45, 7) is 3.82. The predicted molar refractivity (Wildman–Crippen MR) is 122 cm³/mol. The monoisotopic (exact) mass is 421 g/mol. The molecule has 0 atom stereocenters. The van der Waals surface area contributed by atoms with Gasteiger partial charge in [-0.05, 0) is 41.2 Å². The number of hydrogen-bond donors (Lipinski definition) is 1. The van der Waals surface area contributed by atoms with Gasteiger partial charge in [0.15, 0.2) is 0 Å². The van der Waals surface area contributed by atoms with Crippen LogP contribution in [0.2, 0.25) is 0 Å². The highest BCUT2D eigenvalue weighted by atomic mass is 32.2. The average molecular weight is 422 g/mol. The first-order valence-corrected chi connectivity index (χ1v) is 11.8. The molecule has 1 aliphatic heterocycles. The molecule has 1 saturated heterocycles. The Morgan fingerprint density at radius 1 is 0.933 bits per heavy atom. The van der Waals surface area contributed by atoms with Gasteiger partial charge in [-0.1, -0.05) is 42.5 Å². The van der Waals surface area contributed by atoms with E-state index in [1.54, 1.807) is 10.8 Å². The minimum absolute atomic E-state index is 0.0724. The third-order valence-electron chi connectivity index (χ3n) is 5.96. The second-order valence-electron chi connectivity index (χ2n) is 8.28. The van der Waals surface area contributed by atoms with Gasteiger partial charge in [-0.3, -0.25) is 14.0 Å². The summed E-state index contributed by atoms with van der Waals surface area (Å²) in [4.78, 5) is 15.1. The largest absolute Gasteiger partial charge is 0.493 e. The summed E-state index contributed by atoms with van der Waals surface area (Å²) >= 11 is 2.04. The Morgan fingerprint density at radius 2 is 1.70 bits per heavy atom. The first kappa shape index (κ1) is 19.5. The van der Waals surface area contributed by atoms with Crippen LogP contribution in [-0.2, 0) is 13.1 Å². The lowest BCUT2D eigenvalue weighted by molar-refractivity contribution is 0.294. The highest BCUT2D eigenvalue weighted by Gasteiger charge is 2.28. The Balaban J connectivity index is 1.30. The maximum absolute atomic E-state index is 12.5. The molecular formula is C24H27N3O2S. The van der Waals surface area contributed by atoms with Crippen LogP contribution in [0.4, 0.5) is 0 Å². The zero-order chi connectivity index (χ0) is 20.5. The van der Waals surface area contributed by atoms with Crippen molar-refractivity contribution in [2.45, 2.75) is 32.0 Å². The van der Waals surface area contributed by atoms with E-state index >= 15 is 0 Å². The van der Waals surface area contributed by atoms with E-state index in [1.807, 2.05) is 11.8 Å². The van der Waals surface area contributed by atoms with Crippen LogP contribution in [-0.4, -0.2) is 43.7 Å². The molecule has 1 aromatic heterocycles. The van der Waals surface area contributed by atoms with E-state index in [2.05, 4.69) is 53.4 Å². The summed E-state index contributed by atoms with van der Waals surface area (Å²) in [5.41, 5.74) is 4.69. The van der Waals surface area contributed by atoms with Gasteiger partial charge in [0.2, 0.25) is 5.88 Å². The fraction of sp³-hybridized carbons (Fsp3) is 0.375. The number of nitrogens with zero attached hydrogens (tertiary/aromatic N) is 3. The molecule has 3 aromatic rings. The highest BCUT2D eigenvalue weighted by Crippen LogP contribution is 2.36. The Kier molecular flexibility index (Phi) is 5.44. The van der Waals surface area contributed by atoms with Crippen LogP contribution in [0.1, 0.15) is 30.0 Å². The molecule has 2 heterocycles. The molecule has 5 nitrogen and oxygen atoms in total. The summed E-state index contributed by atoms with van der Waals surface area (Å²) in [7, 11) is 0. The van der Waals surface area contributed by atoms with Gasteiger partial charge in [-0.2, -0.15) is 11.8 Å². The second kappa shape index (κ2) is 8.36. The lowest BCUT2D eigenvalue weighted by Gasteiger charge is -2.26. The van der Waals surface area contributed by atoms with Crippen LogP contribution in [0, 0.1) is 0 Å². The van der Waals surface area contributed by atoms with Crippen molar-refractivity contribution in [1.29, 1.82) is 0 Å². The van der Waals surface area contributed by atoms with E-state index in [0.29, 0.717) is 6.54 Å². The molecule has 0 radical (unpaired) electrons. The van der Waals surface area contributed by atoms with Crippen molar-refractivity contribution < 1.29 is 5.11 Å². The highest BCUT2D eigenvalue weighted by molar-refractivity contribution is 7.99. The predicted octanol–water partition coefficient (Wildman–Crippen LogP) is 3.95. The third-order valence-corrected chi connectivity index (χ3v) is 6.90. The molecule has 1 N–H and O–H groups in total. The van der Waals surface area contributed by atoms with Gasteiger partial charge in [-0.25, -0.2) is 4.79 Å². The van der Waals surface area contributed by atoms with Crippen molar-refractivity contribution in [1.82, 2.24) is 14.0 Å². The van der Waals surface area contributed by atoms with Crippen LogP contribution in [0.25, 0.3) is 11.1 Å². The minimum Gasteiger partial charge on any atom is -0.493 e. The smallest absolute Gasteiger partial charge is 0.331 e. The number of aromatic nitrogens is 2. The molecule has 5 rings (SSSR count). The first-order chi connectivity index (χ1) is 14.7. The maximum Gasteiger partial charge on any atom is 0.331 e. The van der Waals surface area contributed by atoms with Gasteiger partial charge in [0.05, 0.1) is 12.7 Å². The number of benzene rings is 2. The molecule has 2 aromatic carbocycles. The summed E-state index contributed by atoms with van der Waals surface area (Å²) in [5.74, 6) is 2.53. The second-order valence-corrected chi connectivity index (χ2v) is 9.51. The van der Waals surface area contributed by atoms with Crippen LogP contribution in [0.15, 0.2) is 59.5 Å². The van der Waals surface area contributed by atoms with Crippen LogP contribution >= 0.6 is 11.8 Å². The lowest BCUT2D eigenvalue weighted by Crippen LogP contribution is -2.31. The molecule has 0 amide bonds. The van der Waals surface area contributed by atoms with Crippen molar-refractivity contribution in [3.63, 3.8) is 0 Å². The van der Waals surface area contributed by atoms with E-state index in [0.717, 1.165) is 24.9 Å². The first-order valence-electron chi connectivity index (χ1n) is 10.7. The van der Waals surface area contributed by atoms with Crippen LogP contribution < -0.4 is 5.69 Å². The van der Waals surface area contributed by atoms with Crippen molar-refractivity contribution in [3.8, 4) is 17.0 Å². The molecule has 1 aliphatic carbocycles. The van der Waals surface area contributed by atoms with E-state index in [4.69, 9.17) is 0 Å². The van der Waals surface area contributed by atoms with Crippen LogP contribution in [0.3, 0.4) is 0 Å². The average Bonchev–Trinajstić information content (AvgIpc) is 3.55. The van der Waals surface area contributed by atoms with Crippen LogP contribution in [0.5, 0.6) is 5.88 Å². The molecule has 0 spiro atoms. The number of rotatable bonds is 6. The molecular weight excluding hydrogens is 394 g/mol. The molecule has 156 valence electrons. The van der Waals surface area contributed by atoms with Gasteiger partial charge < -0.3 is 5.11 Å². The van der Waals surface area contributed by atoms with Crippen molar-refractivity contribution in [3.05, 3.63) is 76.3 Å². The van der Waals surface area contributed by atoms with E-state index in [9.17, 15) is 9.90 Å². The molecule has 30 heavy (non-hydrogen) atoms. The standard InChI is InChI=1S/C24H27N3O2S/c28-23-17-26(24(29)27(23)22-8-9-22)16-18-4-6-20(7-5-18)21-3-1-2-19(14-21)15-25-10-12-30-13-11-25/h1-7,14,17,22,28H,8-13,15-16H2. The molecule has 6 heteroatoms. The molecule has 2 fully saturated rings. The molecule has 0 unspecified atom stereocenters. The number of thioether (sulfide) groups is 1. The zero-order valence-electron chi connectivity index (χ0n) is 17.0. The molecule has 2 aliphatic rings. The van der Waals surface area contributed by atoms with Crippen molar-refractivity contribution >= 4 is 11.8 Å². The minimum atomic E-state index is -0.122. The number of hydrogen-bond acceptors (Lipinski definition) is 4. The molecule has 0 bridgehead atoms. The Labute approximate surface area is 181 Å². The van der Waals surface area contributed by atoms with Gasteiger partial charge in [-0.15, -0.1) is 0 Å². The normalized spacial score (nSPS) is 17.3. The Bertz CT molecular complexity index is 1080. The van der Waals surface area contributed by atoms with E-state index in [1.165, 1.54) is 45.9 Å². The summed E-state index contributed by atoms with van der Waals surface area (Å²) in [6.07, 6.45) is 3.50. The Morgan fingerprint density at radius 3 is 2.43 bits per heavy atom. The van der Waals surface area contributed by atoms with Crippen molar-refractivity contribution in [2.24, 2.45) is 0 Å². The fourth-order valence-electron chi connectivity index (χ4n) is 4.15. The third kappa shape index (κ3) is 4.20. The topological polar surface area (TPSA) is 50.4 Å². The lowest BCUT2D eigenvalue weighted by atomic mass is 10.0. The van der Waals surface area contributed by atoms with Gasteiger partial charge in [0.1, 0.15) is 0 Å². The Hall–Kier alpha value is -2.44. The maximum atomic E-state index is 12.5. The van der Waals surface area contributed by atoms with Gasteiger partial charge in [0, 0.05) is 37.2 Å². The summed E-state index contributed by atoms with van der Waals surface area (Å²) in [6, 6.07) is 17.4. The van der Waals surface area contributed by atoms with E-state index < -0.39 is 0 Å². The summed E-state index contributed by atoms with van der Waals surface area (Å²) < 4.78 is 3.11. The van der Waals surface area contributed by atoms with Gasteiger partial charge >= 0.3 is 5.69 Å². The van der Waals surface area contributed by atoms with Crippen molar-refractivity contribution in [2.75, 3.05) is 24.6 Å². The quantitative estimate of drug-likeness (QED) is 0.655.